The minimum absolute atomic E-state index is 0.0399. The monoisotopic (exact) mass is 415 g/mol. The molecule has 1 fully saturated rings. The van der Waals surface area contributed by atoms with Crippen LogP contribution in [0.1, 0.15) is 35.7 Å². The predicted molar refractivity (Wildman–Crippen MR) is 108 cm³/mol. The molecule has 4 heterocycles. The lowest BCUT2D eigenvalue weighted by molar-refractivity contribution is -0.929. The molecule has 1 atom stereocenters. The molecule has 1 aromatic carbocycles. The Morgan fingerprint density at radius 2 is 1.93 bits per heavy atom. The third-order valence-electron chi connectivity index (χ3n) is 5.31. The van der Waals surface area contributed by atoms with E-state index < -0.39 is 0 Å². The van der Waals surface area contributed by atoms with E-state index in [1.54, 1.807) is 12.3 Å². The van der Waals surface area contributed by atoms with Crippen molar-refractivity contribution in [2.45, 2.75) is 25.3 Å². The number of hydrogen-bond donors (Lipinski definition) is 2. The zero-order chi connectivity index (χ0) is 19.1. The molecule has 2 N–H and O–H groups in total. The fraction of sp³-hybridized carbons (Fsp3) is 0.300. The number of likely N-dealkylation sites (tertiary alicyclic amines) is 1. The third kappa shape index (κ3) is 3.09. The number of nitrogens with one attached hydrogen (secondary N) is 1. The second-order valence-corrected chi connectivity index (χ2v) is 8.55. The Kier molecular flexibility index (Phi) is 4.58. The van der Waals surface area contributed by atoms with Gasteiger partial charge in [-0.2, -0.15) is 9.50 Å². The van der Waals surface area contributed by atoms with Crippen molar-refractivity contribution in [1.82, 2.24) is 14.6 Å². The van der Waals surface area contributed by atoms with E-state index in [9.17, 15) is 5.11 Å². The molecule has 5 rings (SSSR count). The molecule has 0 radical (unpaired) electrons. The first kappa shape index (κ1) is 17.7. The number of hydrogen-bond acceptors (Lipinski definition) is 5. The molecule has 3 aromatic heterocycles. The van der Waals surface area contributed by atoms with Gasteiger partial charge in [0.2, 0.25) is 16.7 Å². The van der Waals surface area contributed by atoms with Crippen LogP contribution in [0, 0.1) is 0 Å². The van der Waals surface area contributed by atoms with Crippen LogP contribution in [0.5, 0.6) is 5.88 Å². The molecule has 1 saturated heterocycles. The standard InChI is InChI=1S/C20H19ClN4O2S/c21-14-8-6-13(7-9-14)16(24-10-2-1-3-11-24)17-19(26)25-20(28-17)22-18(23-25)15-5-4-12-27-15/h4-9,12,16,26H,1-3,10-11H2/p+1/t16-/m1/s1. The average Bonchev–Trinajstić information content (AvgIpc) is 3.43. The van der Waals surface area contributed by atoms with Gasteiger partial charge in [-0.25, -0.2) is 0 Å². The van der Waals surface area contributed by atoms with E-state index in [1.807, 2.05) is 18.2 Å². The van der Waals surface area contributed by atoms with Crippen LogP contribution in [0.3, 0.4) is 0 Å². The third-order valence-corrected chi connectivity index (χ3v) is 6.65. The Morgan fingerprint density at radius 3 is 2.61 bits per heavy atom. The Balaban J connectivity index is 1.59. The lowest BCUT2D eigenvalue weighted by Gasteiger charge is -2.31. The molecule has 4 aromatic rings. The molecule has 0 unspecified atom stereocenters. The smallest absolute Gasteiger partial charge is 0.235 e. The highest BCUT2D eigenvalue weighted by Crippen LogP contribution is 2.36. The van der Waals surface area contributed by atoms with Crippen molar-refractivity contribution in [3.05, 3.63) is 58.1 Å². The summed E-state index contributed by atoms with van der Waals surface area (Å²) in [4.78, 5) is 7.57. The van der Waals surface area contributed by atoms with Crippen LogP contribution in [0.25, 0.3) is 16.5 Å². The van der Waals surface area contributed by atoms with Crippen LogP contribution in [0.4, 0.5) is 0 Å². The minimum Gasteiger partial charge on any atom is -0.492 e. The first-order valence-electron chi connectivity index (χ1n) is 9.43. The number of fused-ring (bicyclic) bond motifs is 1. The number of aromatic nitrogens is 3. The Morgan fingerprint density at radius 1 is 1.14 bits per heavy atom. The van der Waals surface area contributed by atoms with Crippen molar-refractivity contribution in [2.24, 2.45) is 0 Å². The second kappa shape index (κ2) is 7.24. The van der Waals surface area contributed by atoms with E-state index in [2.05, 4.69) is 22.2 Å². The summed E-state index contributed by atoms with van der Waals surface area (Å²) in [6.45, 7) is 2.16. The summed E-state index contributed by atoms with van der Waals surface area (Å²) in [6.07, 6.45) is 5.25. The summed E-state index contributed by atoms with van der Waals surface area (Å²) >= 11 is 7.59. The van der Waals surface area contributed by atoms with Gasteiger partial charge in [0.05, 0.1) is 19.4 Å². The van der Waals surface area contributed by atoms with Crippen molar-refractivity contribution < 1.29 is 14.4 Å². The first-order chi connectivity index (χ1) is 13.7. The summed E-state index contributed by atoms with van der Waals surface area (Å²) < 4.78 is 6.90. The number of halogens is 1. The maximum atomic E-state index is 11.0. The van der Waals surface area contributed by atoms with Gasteiger partial charge in [-0.3, -0.25) is 0 Å². The molecule has 1 aliphatic heterocycles. The van der Waals surface area contributed by atoms with Gasteiger partial charge in [0.25, 0.3) is 0 Å². The van der Waals surface area contributed by atoms with Crippen LogP contribution in [0.2, 0.25) is 5.02 Å². The number of rotatable bonds is 4. The topological polar surface area (TPSA) is 68.0 Å². The molecule has 8 heteroatoms. The number of aromatic hydroxyl groups is 1. The average molecular weight is 416 g/mol. The Labute approximate surface area is 171 Å². The van der Waals surface area contributed by atoms with Gasteiger partial charge >= 0.3 is 0 Å². The Bertz CT molecular complexity index is 1080. The van der Waals surface area contributed by atoms with E-state index in [0.29, 0.717) is 21.6 Å². The molecule has 144 valence electrons. The number of furan rings is 1. The normalized spacial score (nSPS) is 16.6. The van der Waals surface area contributed by atoms with Crippen molar-refractivity contribution in [3.8, 4) is 17.5 Å². The number of quaternary nitrogens is 1. The van der Waals surface area contributed by atoms with Gasteiger partial charge in [0.1, 0.15) is 4.88 Å². The largest absolute Gasteiger partial charge is 0.492 e. The molecular formula is C20H20ClN4O2S+. The summed E-state index contributed by atoms with van der Waals surface area (Å²) in [5.41, 5.74) is 1.15. The molecule has 0 amide bonds. The van der Waals surface area contributed by atoms with Gasteiger partial charge in [0, 0.05) is 10.6 Å². The lowest BCUT2D eigenvalue weighted by Crippen LogP contribution is -3.13. The highest BCUT2D eigenvalue weighted by molar-refractivity contribution is 7.17. The van der Waals surface area contributed by atoms with Crippen LogP contribution >= 0.6 is 22.9 Å². The van der Waals surface area contributed by atoms with Crippen molar-refractivity contribution in [2.75, 3.05) is 13.1 Å². The van der Waals surface area contributed by atoms with Crippen molar-refractivity contribution in [1.29, 1.82) is 0 Å². The fourth-order valence-electron chi connectivity index (χ4n) is 3.97. The lowest BCUT2D eigenvalue weighted by atomic mass is 10.0. The first-order valence-corrected chi connectivity index (χ1v) is 10.6. The van der Waals surface area contributed by atoms with E-state index >= 15 is 0 Å². The molecule has 0 spiro atoms. The summed E-state index contributed by atoms with van der Waals surface area (Å²) in [5.74, 6) is 1.22. The van der Waals surface area contributed by atoms with E-state index in [0.717, 1.165) is 23.5 Å². The Hall–Kier alpha value is -2.35. The molecule has 0 aliphatic carbocycles. The van der Waals surface area contributed by atoms with E-state index in [4.69, 9.17) is 16.0 Å². The van der Waals surface area contributed by atoms with Crippen molar-refractivity contribution >= 4 is 27.9 Å². The molecule has 6 nitrogen and oxygen atoms in total. The van der Waals surface area contributed by atoms with Gasteiger partial charge in [-0.15, -0.1) is 5.10 Å². The maximum Gasteiger partial charge on any atom is 0.235 e. The van der Waals surface area contributed by atoms with E-state index in [1.165, 1.54) is 40.0 Å². The highest BCUT2D eigenvalue weighted by Gasteiger charge is 2.33. The SMILES string of the molecule is Oc1c([C@@H](c2ccc(Cl)cc2)[NH+]2CCCCC2)sc2nc(-c3ccco3)nn12. The summed E-state index contributed by atoms with van der Waals surface area (Å²) in [6, 6.07) is 11.6. The zero-order valence-electron chi connectivity index (χ0n) is 15.1. The number of piperidine rings is 1. The summed E-state index contributed by atoms with van der Waals surface area (Å²) in [5, 5.41) is 16.2. The molecule has 0 bridgehead atoms. The van der Waals surface area contributed by atoms with Gasteiger partial charge in [-0.1, -0.05) is 35.1 Å². The predicted octanol–water partition coefficient (Wildman–Crippen LogP) is 3.57. The zero-order valence-corrected chi connectivity index (χ0v) is 16.7. The fourth-order valence-corrected chi connectivity index (χ4v) is 5.24. The van der Waals surface area contributed by atoms with Crippen LogP contribution < -0.4 is 4.90 Å². The maximum absolute atomic E-state index is 11.0. The summed E-state index contributed by atoms with van der Waals surface area (Å²) in [7, 11) is 0. The van der Waals surface area contributed by atoms with Crippen LogP contribution in [-0.2, 0) is 0 Å². The quantitative estimate of drug-likeness (QED) is 0.534. The number of nitrogens with zero attached hydrogens (tertiary/aromatic N) is 3. The molecular weight excluding hydrogens is 396 g/mol. The molecule has 1 aliphatic rings. The minimum atomic E-state index is 0.0399. The van der Waals surface area contributed by atoms with Gasteiger partial charge in [0.15, 0.2) is 11.8 Å². The van der Waals surface area contributed by atoms with Crippen molar-refractivity contribution in [3.63, 3.8) is 0 Å². The van der Waals surface area contributed by atoms with Crippen LogP contribution in [-0.4, -0.2) is 32.8 Å². The molecule has 0 saturated carbocycles. The van der Waals surface area contributed by atoms with Crippen LogP contribution in [0.15, 0.2) is 47.1 Å². The molecule has 28 heavy (non-hydrogen) atoms. The van der Waals surface area contributed by atoms with Gasteiger partial charge in [-0.05, 0) is 43.5 Å². The second-order valence-electron chi connectivity index (χ2n) is 7.10. The van der Waals surface area contributed by atoms with E-state index in [-0.39, 0.29) is 11.9 Å². The number of thiazole rings is 1. The number of benzene rings is 1. The highest BCUT2D eigenvalue weighted by atomic mass is 35.5. The van der Waals surface area contributed by atoms with Gasteiger partial charge < -0.3 is 14.4 Å².